The largest absolute Gasteiger partial charge is 0.291 e. The van der Waals surface area contributed by atoms with Gasteiger partial charge < -0.3 is 0 Å². The number of imidazole rings is 1. The Balaban J connectivity index is 1.89. The van der Waals surface area contributed by atoms with Crippen LogP contribution in [0.2, 0.25) is 0 Å². The molecule has 0 fully saturated rings. The second-order valence-electron chi connectivity index (χ2n) is 5.55. The lowest BCUT2D eigenvalue weighted by molar-refractivity contribution is 0.146. The van der Waals surface area contributed by atoms with E-state index in [-0.39, 0.29) is 5.69 Å². The molecule has 0 atom stereocenters. The highest BCUT2D eigenvalue weighted by Crippen LogP contribution is 2.30. The van der Waals surface area contributed by atoms with Gasteiger partial charge in [-0.2, -0.15) is 5.26 Å². The van der Waals surface area contributed by atoms with Crippen LogP contribution in [0.1, 0.15) is 17.8 Å². The second kappa shape index (κ2) is 6.33. The predicted molar refractivity (Wildman–Crippen MR) is 91.3 cm³/mol. The van der Waals surface area contributed by atoms with Gasteiger partial charge in [-0.1, -0.05) is 12.1 Å². The first-order chi connectivity index (χ1) is 12.7. The Kier molecular flexibility index (Phi) is 3.86. The monoisotopic (exact) mass is 347 g/mol. The lowest BCUT2D eigenvalue weighted by atomic mass is 10.0. The Bertz CT molecular complexity index is 1140. The van der Waals surface area contributed by atoms with Gasteiger partial charge in [-0.25, -0.2) is 18.7 Å². The molecule has 7 heteroatoms. The fraction of sp³-hybridized carbons (Fsp3) is 0.0526. The smallest absolute Gasteiger partial charge is 0.280 e. The maximum absolute atomic E-state index is 13.0. The highest BCUT2D eigenvalue weighted by molar-refractivity contribution is 5.79. The van der Waals surface area contributed by atoms with Crippen LogP contribution in [0.15, 0.2) is 61.1 Å². The summed E-state index contributed by atoms with van der Waals surface area (Å²) in [6.45, 7) is 0. The van der Waals surface area contributed by atoms with Gasteiger partial charge in [-0.15, -0.1) is 0 Å². The van der Waals surface area contributed by atoms with Crippen molar-refractivity contribution >= 4 is 5.65 Å². The van der Waals surface area contributed by atoms with E-state index in [4.69, 9.17) is 0 Å². The molecule has 0 amide bonds. The zero-order chi connectivity index (χ0) is 18.1. The topological polar surface area (TPSA) is 66.9 Å². The van der Waals surface area contributed by atoms with Gasteiger partial charge in [0.15, 0.2) is 0 Å². The molecule has 0 aliphatic heterocycles. The lowest BCUT2D eigenvalue weighted by Gasteiger charge is -2.10. The summed E-state index contributed by atoms with van der Waals surface area (Å²) in [6.07, 6.45) is 2.21. The van der Waals surface area contributed by atoms with E-state index in [0.29, 0.717) is 22.7 Å². The van der Waals surface area contributed by atoms with Crippen LogP contribution in [-0.4, -0.2) is 19.4 Å². The molecule has 0 N–H and O–H groups in total. The van der Waals surface area contributed by atoms with Crippen LogP contribution in [-0.2, 0) is 0 Å². The summed E-state index contributed by atoms with van der Waals surface area (Å²) in [7, 11) is 0. The molecule has 0 spiro atoms. The zero-order valence-corrected chi connectivity index (χ0v) is 13.3. The number of nitriles is 1. The van der Waals surface area contributed by atoms with E-state index in [1.165, 1.54) is 18.3 Å². The van der Waals surface area contributed by atoms with Crippen LogP contribution in [0, 0.1) is 11.3 Å². The van der Waals surface area contributed by atoms with Gasteiger partial charge in [0.25, 0.3) is 6.43 Å². The molecule has 0 saturated heterocycles. The number of nitrogens with zero attached hydrogens (tertiary/aromatic N) is 5. The fourth-order valence-corrected chi connectivity index (χ4v) is 2.77. The van der Waals surface area contributed by atoms with Crippen molar-refractivity contribution < 1.29 is 8.78 Å². The van der Waals surface area contributed by atoms with Crippen molar-refractivity contribution in [1.29, 1.82) is 5.26 Å². The standard InChI is InChI=1S/C19H11F2N5/c20-19(21)16-5-1-4-15(25-16)18-14(3-2-8-23-18)12-6-7-17-24-10-13(9-22)26(17)11-12/h1-8,10-11,19H. The normalized spacial score (nSPS) is 11.0. The molecule has 4 aromatic rings. The van der Waals surface area contributed by atoms with E-state index in [1.807, 2.05) is 12.1 Å². The van der Waals surface area contributed by atoms with Gasteiger partial charge >= 0.3 is 0 Å². The number of hydrogen-bond acceptors (Lipinski definition) is 4. The average molecular weight is 347 g/mol. The van der Waals surface area contributed by atoms with Crippen molar-refractivity contribution in [1.82, 2.24) is 19.4 Å². The first-order valence-corrected chi connectivity index (χ1v) is 7.75. The van der Waals surface area contributed by atoms with E-state index >= 15 is 0 Å². The van der Waals surface area contributed by atoms with Crippen LogP contribution in [0.4, 0.5) is 8.78 Å². The van der Waals surface area contributed by atoms with Gasteiger partial charge in [0.1, 0.15) is 23.1 Å². The van der Waals surface area contributed by atoms with Gasteiger partial charge in [0.05, 0.1) is 17.6 Å². The third-order valence-corrected chi connectivity index (χ3v) is 3.98. The Morgan fingerprint density at radius 1 is 1.04 bits per heavy atom. The first-order valence-electron chi connectivity index (χ1n) is 7.75. The van der Waals surface area contributed by atoms with Crippen LogP contribution in [0.3, 0.4) is 0 Å². The number of hydrogen-bond donors (Lipinski definition) is 0. The minimum Gasteiger partial charge on any atom is -0.291 e. The minimum absolute atomic E-state index is 0.295. The summed E-state index contributed by atoms with van der Waals surface area (Å²) in [5.74, 6) is 0. The molecule has 0 bridgehead atoms. The summed E-state index contributed by atoms with van der Waals surface area (Å²) in [4.78, 5) is 12.5. The van der Waals surface area contributed by atoms with E-state index in [1.54, 1.807) is 35.0 Å². The molecule has 5 nitrogen and oxygen atoms in total. The van der Waals surface area contributed by atoms with Gasteiger partial charge in [-0.3, -0.25) is 9.38 Å². The van der Waals surface area contributed by atoms with E-state index < -0.39 is 6.43 Å². The molecule has 0 aliphatic rings. The molecular formula is C19H11F2N5. The molecule has 26 heavy (non-hydrogen) atoms. The van der Waals surface area contributed by atoms with E-state index in [9.17, 15) is 14.0 Å². The third-order valence-electron chi connectivity index (χ3n) is 3.98. The highest BCUT2D eigenvalue weighted by Gasteiger charge is 2.14. The van der Waals surface area contributed by atoms with Crippen molar-refractivity contribution in [3.8, 4) is 28.6 Å². The van der Waals surface area contributed by atoms with Crippen LogP contribution < -0.4 is 0 Å². The Morgan fingerprint density at radius 3 is 2.73 bits per heavy atom. The number of alkyl halides is 2. The molecule has 0 unspecified atom stereocenters. The molecule has 4 aromatic heterocycles. The summed E-state index contributed by atoms with van der Waals surface area (Å²) in [5.41, 5.74) is 3.12. The molecule has 4 heterocycles. The number of rotatable bonds is 3. The highest BCUT2D eigenvalue weighted by atomic mass is 19.3. The number of aromatic nitrogens is 4. The maximum Gasteiger partial charge on any atom is 0.280 e. The molecule has 0 aromatic carbocycles. The van der Waals surface area contributed by atoms with Crippen molar-refractivity contribution in [3.05, 3.63) is 72.4 Å². The Labute approximate surface area is 147 Å². The van der Waals surface area contributed by atoms with Gasteiger partial charge in [-0.05, 0) is 30.3 Å². The van der Waals surface area contributed by atoms with Crippen LogP contribution in [0.25, 0.3) is 28.2 Å². The van der Waals surface area contributed by atoms with Crippen molar-refractivity contribution in [2.24, 2.45) is 0 Å². The van der Waals surface area contributed by atoms with Crippen LogP contribution in [0.5, 0.6) is 0 Å². The SMILES string of the molecule is N#Cc1cnc2ccc(-c3cccnc3-c3cccc(C(F)F)n3)cn12. The second-order valence-corrected chi connectivity index (χ2v) is 5.55. The summed E-state index contributed by atoms with van der Waals surface area (Å²) >= 11 is 0. The Morgan fingerprint density at radius 2 is 1.92 bits per heavy atom. The summed E-state index contributed by atoms with van der Waals surface area (Å²) < 4.78 is 27.6. The van der Waals surface area contributed by atoms with Gasteiger partial charge in [0.2, 0.25) is 0 Å². The predicted octanol–water partition coefficient (Wildman–Crippen LogP) is 4.27. The number of fused-ring (bicyclic) bond motifs is 1. The van der Waals surface area contributed by atoms with Crippen LogP contribution >= 0.6 is 0 Å². The van der Waals surface area contributed by atoms with Gasteiger partial charge in [0, 0.05) is 23.5 Å². The zero-order valence-electron chi connectivity index (χ0n) is 13.3. The summed E-state index contributed by atoms with van der Waals surface area (Å²) in [5, 5.41) is 9.20. The third kappa shape index (κ3) is 2.67. The first kappa shape index (κ1) is 15.8. The van der Waals surface area contributed by atoms with Crippen molar-refractivity contribution in [2.45, 2.75) is 6.43 Å². The molecule has 0 saturated carbocycles. The maximum atomic E-state index is 13.0. The lowest BCUT2D eigenvalue weighted by Crippen LogP contribution is -1.97. The Hall–Kier alpha value is -3.66. The average Bonchev–Trinajstić information content (AvgIpc) is 3.10. The molecule has 126 valence electrons. The number of pyridine rings is 3. The van der Waals surface area contributed by atoms with E-state index in [2.05, 4.69) is 21.0 Å². The van der Waals surface area contributed by atoms with Crippen molar-refractivity contribution in [3.63, 3.8) is 0 Å². The molecule has 0 aliphatic carbocycles. The number of halogens is 2. The minimum atomic E-state index is -2.65. The quantitative estimate of drug-likeness (QED) is 0.555. The summed E-state index contributed by atoms with van der Waals surface area (Å²) in [6, 6.07) is 13.8. The fourth-order valence-electron chi connectivity index (χ4n) is 2.77. The van der Waals surface area contributed by atoms with Crippen molar-refractivity contribution in [2.75, 3.05) is 0 Å². The molecule has 0 radical (unpaired) electrons. The van der Waals surface area contributed by atoms with E-state index in [0.717, 1.165) is 11.1 Å². The molecular weight excluding hydrogens is 336 g/mol. The molecule has 4 rings (SSSR count).